The Kier molecular flexibility index (Phi) is 5.43. The Morgan fingerprint density at radius 2 is 1.72 bits per heavy atom. The molecule has 2 saturated heterocycles. The van der Waals surface area contributed by atoms with Crippen molar-refractivity contribution < 1.29 is 14.3 Å². The van der Waals surface area contributed by atoms with Crippen molar-refractivity contribution in [3.63, 3.8) is 0 Å². The van der Waals surface area contributed by atoms with Crippen molar-refractivity contribution in [3.8, 4) is 5.75 Å². The molecule has 3 amide bonds. The van der Waals surface area contributed by atoms with Crippen LogP contribution in [0.15, 0.2) is 54.6 Å². The molecule has 0 bridgehead atoms. The van der Waals surface area contributed by atoms with E-state index in [2.05, 4.69) is 5.32 Å². The van der Waals surface area contributed by atoms with E-state index in [0.29, 0.717) is 26.2 Å². The Hall–Kier alpha value is -3.02. The van der Waals surface area contributed by atoms with Gasteiger partial charge in [-0.2, -0.15) is 0 Å². The van der Waals surface area contributed by atoms with Crippen LogP contribution in [0.1, 0.15) is 24.0 Å². The Balaban J connectivity index is 1.25. The fourth-order valence-electron chi connectivity index (χ4n) is 4.22. The zero-order valence-corrected chi connectivity index (χ0v) is 16.8. The van der Waals surface area contributed by atoms with Gasteiger partial charge in [-0.3, -0.25) is 4.79 Å². The number of hydrogen-bond acceptors (Lipinski definition) is 3. The summed E-state index contributed by atoms with van der Waals surface area (Å²) in [5, 5.41) is 2.98. The highest BCUT2D eigenvalue weighted by atomic mass is 16.5. The molecular weight excluding hydrogens is 366 g/mol. The van der Waals surface area contributed by atoms with Crippen molar-refractivity contribution in [2.24, 2.45) is 5.41 Å². The number of carbonyl (C=O) groups excluding carboxylic acids is 2. The molecule has 0 atom stereocenters. The maximum Gasteiger partial charge on any atom is 0.317 e. The van der Waals surface area contributed by atoms with Crippen LogP contribution < -0.4 is 10.1 Å². The fourth-order valence-corrected chi connectivity index (χ4v) is 4.22. The number of urea groups is 1. The van der Waals surface area contributed by atoms with Crippen molar-refractivity contribution in [1.29, 1.82) is 0 Å². The van der Waals surface area contributed by atoms with E-state index in [9.17, 15) is 9.59 Å². The predicted molar refractivity (Wildman–Crippen MR) is 110 cm³/mol. The van der Waals surface area contributed by atoms with Crippen LogP contribution in [-0.4, -0.2) is 48.5 Å². The monoisotopic (exact) mass is 393 g/mol. The third-order valence-corrected chi connectivity index (χ3v) is 6.06. The van der Waals surface area contributed by atoms with Crippen LogP contribution in [0, 0.1) is 5.41 Å². The molecule has 2 aromatic rings. The third kappa shape index (κ3) is 4.06. The van der Waals surface area contributed by atoms with E-state index in [1.54, 1.807) is 7.11 Å². The number of amides is 3. The second kappa shape index (κ2) is 8.15. The zero-order valence-electron chi connectivity index (χ0n) is 16.8. The first-order chi connectivity index (χ1) is 14.1. The van der Waals surface area contributed by atoms with Gasteiger partial charge in [0.1, 0.15) is 5.75 Å². The van der Waals surface area contributed by atoms with Gasteiger partial charge in [0.25, 0.3) is 0 Å². The largest absolute Gasteiger partial charge is 0.497 e. The highest BCUT2D eigenvalue weighted by molar-refractivity contribution is 5.89. The summed E-state index contributed by atoms with van der Waals surface area (Å²) in [5.74, 6) is 1.04. The Morgan fingerprint density at radius 3 is 2.34 bits per heavy atom. The van der Waals surface area contributed by atoms with E-state index in [-0.39, 0.29) is 17.4 Å². The minimum Gasteiger partial charge on any atom is -0.497 e. The van der Waals surface area contributed by atoms with Crippen molar-refractivity contribution >= 4 is 11.9 Å². The standard InChI is InChI=1S/C23H27N3O3/c1-29-20-9-7-19(8-10-20)16-26-17-23(21(26)27)11-13-25(14-12-23)22(28)24-15-18-5-3-2-4-6-18/h2-10H,11-17H2,1H3,(H,24,28). The van der Waals surface area contributed by atoms with Crippen LogP contribution in [0.2, 0.25) is 0 Å². The van der Waals surface area contributed by atoms with E-state index < -0.39 is 0 Å². The molecule has 0 unspecified atom stereocenters. The molecule has 0 aromatic heterocycles. The molecule has 2 heterocycles. The summed E-state index contributed by atoms with van der Waals surface area (Å²) in [5.41, 5.74) is 1.91. The smallest absolute Gasteiger partial charge is 0.317 e. The number of carbonyl (C=O) groups is 2. The van der Waals surface area contributed by atoms with Gasteiger partial charge < -0.3 is 19.9 Å². The average Bonchev–Trinajstić information content (AvgIpc) is 2.78. The van der Waals surface area contributed by atoms with Gasteiger partial charge in [-0.15, -0.1) is 0 Å². The first-order valence-corrected chi connectivity index (χ1v) is 10.1. The molecule has 1 spiro atoms. The molecule has 4 rings (SSSR count). The third-order valence-electron chi connectivity index (χ3n) is 6.06. The molecule has 6 heteroatoms. The number of hydrogen-bond donors (Lipinski definition) is 1. The number of nitrogens with one attached hydrogen (secondary N) is 1. The fraction of sp³-hybridized carbons (Fsp3) is 0.391. The first-order valence-electron chi connectivity index (χ1n) is 10.1. The maximum absolute atomic E-state index is 12.8. The van der Waals surface area contributed by atoms with Crippen molar-refractivity contribution in [1.82, 2.24) is 15.1 Å². The number of β-lactam (4-membered cyclic amide) rings is 1. The van der Waals surface area contributed by atoms with Crippen molar-refractivity contribution in [2.75, 3.05) is 26.7 Å². The lowest BCUT2D eigenvalue weighted by Gasteiger charge is -2.52. The minimum atomic E-state index is -0.275. The van der Waals surface area contributed by atoms with E-state index in [1.165, 1.54) is 0 Å². The summed E-state index contributed by atoms with van der Waals surface area (Å²) in [4.78, 5) is 29.0. The lowest BCUT2D eigenvalue weighted by Crippen LogP contribution is -2.64. The van der Waals surface area contributed by atoms with Crippen LogP contribution in [0.3, 0.4) is 0 Å². The van der Waals surface area contributed by atoms with Gasteiger partial charge in [0.2, 0.25) is 5.91 Å². The Labute approximate surface area is 171 Å². The SMILES string of the molecule is COc1ccc(CN2CC3(CCN(C(=O)NCc4ccccc4)CC3)C2=O)cc1. The molecule has 0 saturated carbocycles. The zero-order chi connectivity index (χ0) is 20.3. The molecule has 2 aliphatic heterocycles. The Morgan fingerprint density at radius 1 is 1.03 bits per heavy atom. The van der Waals surface area contributed by atoms with Gasteiger partial charge in [0.05, 0.1) is 12.5 Å². The molecule has 0 aliphatic carbocycles. The summed E-state index contributed by atoms with van der Waals surface area (Å²) in [6.07, 6.45) is 1.48. The molecule has 0 radical (unpaired) electrons. The molecule has 2 aliphatic rings. The van der Waals surface area contributed by atoms with E-state index in [1.807, 2.05) is 64.4 Å². The van der Waals surface area contributed by atoms with Gasteiger partial charge in [0, 0.05) is 32.7 Å². The summed E-state index contributed by atoms with van der Waals surface area (Å²) in [6, 6.07) is 17.7. The summed E-state index contributed by atoms with van der Waals surface area (Å²) in [6.45, 7) is 3.19. The van der Waals surface area contributed by atoms with Crippen LogP contribution >= 0.6 is 0 Å². The molecule has 2 fully saturated rings. The average molecular weight is 393 g/mol. The number of piperidine rings is 1. The van der Waals surface area contributed by atoms with Crippen LogP contribution in [0.4, 0.5) is 4.79 Å². The minimum absolute atomic E-state index is 0.0504. The molecule has 6 nitrogen and oxygen atoms in total. The van der Waals surface area contributed by atoms with Gasteiger partial charge in [-0.25, -0.2) is 4.79 Å². The number of likely N-dealkylation sites (tertiary alicyclic amines) is 2. The van der Waals surface area contributed by atoms with Gasteiger partial charge in [-0.1, -0.05) is 42.5 Å². The molecular formula is C23H27N3O3. The van der Waals surface area contributed by atoms with E-state index >= 15 is 0 Å². The summed E-state index contributed by atoms with van der Waals surface area (Å²) < 4.78 is 5.18. The van der Waals surface area contributed by atoms with Crippen LogP contribution in [0.5, 0.6) is 5.75 Å². The first kappa shape index (κ1) is 19.3. The Bertz CT molecular complexity index is 859. The number of methoxy groups -OCH3 is 1. The quantitative estimate of drug-likeness (QED) is 0.795. The lowest BCUT2D eigenvalue weighted by molar-refractivity contribution is -0.165. The normalized spacial score (nSPS) is 17.8. The predicted octanol–water partition coefficient (Wildman–Crippen LogP) is 3.03. The van der Waals surface area contributed by atoms with Gasteiger partial charge in [-0.05, 0) is 36.1 Å². The molecule has 152 valence electrons. The van der Waals surface area contributed by atoms with Crippen molar-refractivity contribution in [2.45, 2.75) is 25.9 Å². The molecule has 2 aromatic carbocycles. The number of ether oxygens (including phenoxy) is 1. The molecule has 29 heavy (non-hydrogen) atoms. The van der Waals surface area contributed by atoms with Crippen LogP contribution in [0.25, 0.3) is 0 Å². The topological polar surface area (TPSA) is 61.9 Å². The molecule has 1 N–H and O–H groups in total. The van der Waals surface area contributed by atoms with E-state index in [0.717, 1.165) is 36.3 Å². The lowest BCUT2D eigenvalue weighted by atomic mass is 9.71. The summed E-state index contributed by atoms with van der Waals surface area (Å²) in [7, 11) is 1.64. The summed E-state index contributed by atoms with van der Waals surface area (Å²) >= 11 is 0. The number of rotatable bonds is 5. The second-order valence-electron chi connectivity index (χ2n) is 7.92. The van der Waals surface area contributed by atoms with Crippen LogP contribution in [-0.2, 0) is 17.9 Å². The second-order valence-corrected chi connectivity index (χ2v) is 7.92. The number of benzene rings is 2. The highest BCUT2D eigenvalue weighted by Crippen LogP contribution is 2.42. The highest BCUT2D eigenvalue weighted by Gasteiger charge is 2.53. The van der Waals surface area contributed by atoms with Gasteiger partial charge >= 0.3 is 6.03 Å². The van der Waals surface area contributed by atoms with Gasteiger partial charge in [0.15, 0.2) is 0 Å². The van der Waals surface area contributed by atoms with Crippen molar-refractivity contribution in [3.05, 3.63) is 65.7 Å². The van der Waals surface area contributed by atoms with E-state index in [4.69, 9.17) is 4.74 Å². The maximum atomic E-state index is 12.8. The number of nitrogens with zero attached hydrogens (tertiary/aromatic N) is 2.